The molecule has 0 unspecified atom stereocenters. The highest BCUT2D eigenvalue weighted by Crippen LogP contribution is 2.34. The number of aryl methyl sites for hydroxylation is 1. The van der Waals surface area contributed by atoms with Crippen molar-refractivity contribution in [3.8, 4) is 0 Å². The maximum absolute atomic E-state index is 13.6. The van der Waals surface area contributed by atoms with Gasteiger partial charge in [0.15, 0.2) is 5.78 Å². The summed E-state index contributed by atoms with van der Waals surface area (Å²) in [6.45, 7) is 6.77. The van der Waals surface area contributed by atoms with Crippen LogP contribution < -0.4 is 10.2 Å². The van der Waals surface area contributed by atoms with Gasteiger partial charge in [-0.25, -0.2) is 0 Å². The van der Waals surface area contributed by atoms with Gasteiger partial charge in [0.25, 0.3) is 0 Å². The Morgan fingerprint density at radius 1 is 1.02 bits per heavy atom. The molecule has 7 nitrogen and oxygen atoms in total. The topological polar surface area (TPSA) is 74.6 Å². The van der Waals surface area contributed by atoms with Gasteiger partial charge in [0.05, 0.1) is 15.9 Å². The Morgan fingerprint density at radius 2 is 1.77 bits per heavy atom. The Morgan fingerprint density at radius 3 is 2.48 bits per heavy atom. The van der Waals surface area contributed by atoms with Gasteiger partial charge < -0.3 is 19.7 Å². The second kappa shape index (κ2) is 12.7. The Balaban J connectivity index is 1.21. The van der Waals surface area contributed by atoms with Crippen LogP contribution >= 0.6 is 11.3 Å². The number of benzene rings is 1. The number of fused-ring (bicyclic) bond motifs is 1. The molecule has 0 spiro atoms. The van der Waals surface area contributed by atoms with Crippen LogP contribution in [0, 0.1) is 18.8 Å². The highest BCUT2D eigenvalue weighted by Gasteiger charge is 2.30. The molecule has 214 valence electrons. The average Bonchev–Trinajstić information content (AvgIpc) is 3.53. The number of thiophene rings is 1. The minimum atomic E-state index is -0.0259. The van der Waals surface area contributed by atoms with Crippen LogP contribution in [-0.4, -0.2) is 59.8 Å². The molecule has 1 saturated heterocycles. The first-order valence-corrected chi connectivity index (χ1v) is 15.7. The monoisotopic (exact) mass is 562 g/mol. The Labute approximate surface area is 241 Å². The lowest BCUT2D eigenvalue weighted by molar-refractivity contribution is -0.127. The van der Waals surface area contributed by atoms with Gasteiger partial charge in [-0.2, -0.15) is 0 Å². The van der Waals surface area contributed by atoms with E-state index in [-0.39, 0.29) is 36.0 Å². The number of Topliss-reactive ketones (excluding diaryl/α,β-unsaturated/α-hetero) is 1. The zero-order valence-electron chi connectivity index (χ0n) is 24.0. The van der Waals surface area contributed by atoms with Crippen LogP contribution in [0.3, 0.4) is 0 Å². The smallest absolute Gasteiger partial charge is 0.246 e. The molecule has 8 heteroatoms. The summed E-state index contributed by atoms with van der Waals surface area (Å²) in [6.07, 6.45) is 5.97. The molecule has 1 saturated carbocycles. The molecule has 2 fully saturated rings. The van der Waals surface area contributed by atoms with E-state index in [1.54, 1.807) is 16.2 Å². The number of anilines is 1. The molecule has 1 aliphatic carbocycles. The van der Waals surface area contributed by atoms with E-state index in [2.05, 4.69) is 17.3 Å². The van der Waals surface area contributed by atoms with Crippen LogP contribution in [0.25, 0.3) is 10.2 Å². The van der Waals surface area contributed by atoms with Crippen molar-refractivity contribution in [2.45, 2.75) is 71.4 Å². The van der Waals surface area contributed by atoms with Gasteiger partial charge in [0.1, 0.15) is 6.54 Å². The van der Waals surface area contributed by atoms with Gasteiger partial charge in [-0.3, -0.25) is 14.4 Å². The number of carbonyl (C=O) groups is 3. The van der Waals surface area contributed by atoms with Crippen molar-refractivity contribution in [1.82, 2.24) is 14.8 Å². The van der Waals surface area contributed by atoms with E-state index in [0.29, 0.717) is 24.7 Å². The number of nitrogens with zero attached hydrogens (tertiary/aromatic N) is 3. The summed E-state index contributed by atoms with van der Waals surface area (Å²) in [6, 6.07) is 12.2. The minimum Gasteiger partial charge on any atom is -0.353 e. The third-order valence-corrected chi connectivity index (χ3v) is 9.64. The fourth-order valence-corrected chi connectivity index (χ4v) is 7.19. The molecule has 1 N–H and O–H groups in total. The number of likely N-dealkylation sites (tertiary alicyclic amines) is 1. The molecule has 3 aromatic rings. The molecule has 40 heavy (non-hydrogen) atoms. The average molecular weight is 563 g/mol. The minimum absolute atomic E-state index is 0.0259. The summed E-state index contributed by atoms with van der Waals surface area (Å²) in [5, 5.41) is 5.30. The molecule has 1 aromatic carbocycles. The van der Waals surface area contributed by atoms with Crippen LogP contribution in [0.1, 0.15) is 67.9 Å². The molecule has 0 bridgehead atoms. The molecule has 0 radical (unpaired) electrons. The number of likely N-dealkylation sites (N-methyl/N-ethyl adjacent to an activating group) is 1. The molecule has 2 aromatic heterocycles. The fraction of sp³-hybridized carbons (Fsp3) is 0.531. The van der Waals surface area contributed by atoms with Crippen molar-refractivity contribution in [3.05, 3.63) is 53.0 Å². The third-order valence-electron chi connectivity index (χ3n) is 8.79. The van der Waals surface area contributed by atoms with Crippen LogP contribution in [0.15, 0.2) is 41.8 Å². The SMILES string of the molecule is CCN(C(=O)Cn1c(C(=O)CC2CCC(C(=O)NC3CCN(C)CC3)CC2)cc2sccc21)c1cccc(C)c1. The second-order valence-corrected chi connectivity index (χ2v) is 12.6. The lowest BCUT2D eigenvalue weighted by atomic mass is 9.79. The van der Waals surface area contributed by atoms with Gasteiger partial charge in [-0.05, 0) is 114 Å². The number of ketones is 1. The largest absolute Gasteiger partial charge is 0.353 e. The number of amides is 2. The van der Waals surface area contributed by atoms with Gasteiger partial charge in [-0.15, -0.1) is 11.3 Å². The van der Waals surface area contributed by atoms with Crippen molar-refractivity contribution in [2.75, 3.05) is 31.6 Å². The zero-order chi connectivity index (χ0) is 28.2. The summed E-state index contributed by atoms with van der Waals surface area (Å²) in [5.41, 5.74) is 3.55. The number of carbonyl (C=O) groups excluding carboxylic acids is 3. The number of rotatable bonds is 9. The van der Waals surface area contributed by atoms with Crippen molar-refractivity contribution in [2.24, 2.45) is 11.8 Å². The van der Waals surface area contributed by atoms with Gasteiger partial charge >= 0.3 is 0 Å². The van der Waals surface area contributed by atoms with Gasteiger partial charge in [-0.1, -0.05) is 12.1 Å². The highest BCUT2D eigenvalue weighted by atomic mass is 32.1. The Bertz CT molecular complexity index is 1350. The number of hydrogen-bond donors (Lipinski definition) is 1. The summed E-state index contributed by atoms with van der Waals surface area (Å²) < 4.78 is 2.94. The van der Waals surface area contributed by atoms with Crippen LogP contribution in [0.2, 0.25) is 0 Å². The van der Waals surface area contributed by atoms with Crippen LogP contribution in [0.5, 0.6) is 0 Å². The molecule has 0 atom stereocenters. The molecular formula is C32H42N4O3S. The first-order valence-electron chi connectivity index (χ1n) is 14.8. The van der Waals surface area contributed by atoms with E-state index in [9.17, 15) is 14.4 Å². The van der Waals surface area contributed by atoms with Crippen molar-refractivity contribution in [1.29, 1.82) is 0 Å². The van der Waals surface area contributed by atoms with Crippen LogP contribution in [0.4, 0.5) is 5.69 Å². The maximum atomic E-state index is 13.6. The van der Waals surface area contributed by atoms with Gasteiger partial charge in [0.2, 0.25) is 11.8 Å². The zero-order valence-corrected chi connectivity index (χ0v) is 24.8. The lowest BCUT2D eigenvalue weighted by Gasteiger charge is -2.32. The van der Waals surface area contributed by atoms with E-state index in [1.165, 1.54) is 0 Å². The van der Waals surface area contributed by atoms with Gasteiger partial charge in [0, 0.05) is 30.6 Å². The Hall–Kier alpha value is -2.97. The standard InChI is InChI=1S/C32H42N4O3S/c1-4-35(26-7-5-6-22(2)18-26)31(38)21-36-27-14-17-40-30(27)20-28(36)29(37)19-23-8-10-24(11-9-23)32(39)33-25-12-15-34(3)16-13-25/h5-7,14,17-18,20,23-25H,4,8-13,15-16,19,21H2,1-3H3,(H,33,39). The van der Waals surface area contributed by atoms with E-state index >= 15 is 0 Å². The van der Waals surface area contributed by atoms with E-state index < -0.39 is 0 Å². The molecule has 5 rings (SSSR count). The first kappa shape index (κ1) is 28.6. The quantitative estimate of drug-likeness (QED) is 0.342. The van der Waals surface area contributed by atoms with Crippen molar-refractivity contribution < 1.29 is 14.4 Å². The maximum Gasteiger partial charge on any atom is 0.246 e. The normalized spacial score (nSPS) is 20.5. The highest BCUT2D eigenvalue weighted by molar-refractivity contribution is 7.17. The summed E-state index contributed by atoms with van der Waals surface area (Å²) >= 11 is 1.60. The predicted octanol–water partition coefficient (Wildman–Crippen LogP) is 5.65. The lowest BCUT2D eigenvalue weighted by Crippen LogP contribution is -2.45. The molecule has 1 aliphatic heterocycles. The van der Waals surface area contributed by atoms with Crippen molar-refractivity contribution >= 4 is 44.8 Å². The first-order chi connectivity index (χ1) is 19.3. The summed E-state index contributed by atoms with van der Waals surface area (Å²) in [4.78, 5) is 44.1. The van der Waals surface area contributed by atoms with Crippen LogP contribution in [-0.2, 0) is 16.1 Å². The number of piperidine rings is 1. The summed E-state index contributed by atoms with van der Waals surface area (Å²) in [7, 11) is 2.13. The fourth-order valence-electron chi connectivity index (χ4n) is 6.37. The molecule has 2 amide bonds. The van der Waals surface area contributed by atoms with E-state index in [4.69, 9.17) is 0 Å². The van der Waals surface area contributed by atoms with E-state index in [1.807, 2.05) is 60.2 Å². The molecule has 2 aliphatic rings. The third kappa shape index (κ3) is 6.50. The molecule has 3 heterocycles. The second-order valence-electron chi connectivity index (χ2n) is 11.7. The predicted molar refractivity (Wildman–Crippen MR) is 162 cm³/mol. The van der Waals surface area contributed by atoms with E-state index in [0.717, 1.165) is 73.1 Å². The summed E-state index contributed by atoms with van der Waals surface area (Å²) in [5.74, 6) is 0.591. The molecular weight excluding hydrogens is 520 g/mol. The number of aromatic nitrogens is 1. The number of hydrogen-bond acceptors (Lipinski definition) is 5. The van der Waals surface area contributed by atoms with Crippen molar-refractivity contribution in [3.63, 3.8) is 0 Å². The number of nitrogens with one attached hydrogen (secondary N) is 1. The Kier molecular flexibility index (Phi) is 9.06.